The molecule has 0 radical (unpaired) electrons. The lowest BCUT2D eigenvalue weighted by molar-refractivity contribution is 0.0934. The van der Waals surface area contributed by atoms with Crippen LogP contribution in [0.5, 0.6) is 0 Å². The average Bonchev–Trinajstić information content (AvgIpc) is 2.88. The summed E-state index contributed by atoms with van der Waals surface area (Å²) in [7, 11) is 0. The van der Waals surface area contributed by atoms with Crippen LogP contribution in [0.25, 0.3) is 0 Å². The maximum atomic E-state index is 12.2. The number of rotatable bonds is 4. The second-order valence-electron chi connectivity index (χ2n) is 5.48. The summed E-state index contributed by atoms with van der Waals surface area (Å²) in [4.78, 5) is 12.2. The molecule has 104 valence electrons. The maximum absolute atomic E-state index is 12.2. The molecular weight excluding hydrogens is 281 g/mol. The first-order valence-corrected chi connectivity index (χ1v) is 7.58. The van der Waals surface area contributed by atoms with Crippen LogP contribution >= 0.6 is 23.2 Å². The Kier molecular flexibility index (Phi) is 4.75. The van der Waals surface area contributed by atoms with Gasteiger partial charge in [-0.25, -0.2) is 0 Å². The summed E-state index contributed by atoms with van der Waals surface area (Å²) in [6, 6.07) is 5.38. The fourth-order valence-electron chi connectivity index (χ4n) is 2.68. The number of benzene rings is 1. The third kappa shape index (κ3) is 3.43. The van der Waals surface area contributed by atoms with Gasteiger partial charge in [0.25, 0.3) is 5.91 Å². The van der Waals surface area contributed by atoms with Crippen LogP contribution in [0.2, 0.25) is 5.02 Å². The van der Waals surface area contributed by atoms with Crippen LogP contribution in [0, 0.1) is 12.3 Å². The van der Waals surface area contributed by atoms with Gasteiger partial charge in [0.1, 0.15) is 0 Å². The maximum Gasteiger partial charge on any atom is 0.251 e. The van der Waals surface area contributed by atoms with Crippen LogP contribution in [0.15, 0.2) is 18.2 Å². The van der Waals surface area contributed by atoms with E-state index in [1.165, 1.54) is 12.8 Å². The molecule has 0 saturated heterocycles. The number of amides is 1. The largest absolute Gasteiger partial charge is 0.351 e. The van der Waals surface area contributed by atoms with E-state index < -0.39 is 0 Å². The molecule has 0 spiro atoms. The molecule has 0 aromatic heterocycles. The molecule has 2 nitrogen and oxygen atoms in total. The summed E-state index contributed by atoms with van der Waals surface area (Å²) in [6.45, 7) is 2.57. The van der Waals surface area contributed by atoms with Crippen molar-refractivity contribution >= 4 is 29.1 Å². The first-order chi connectivity index (χ1) is 9.06. The number of nitrogens with one attached hydrogen (secondary N) is 1. The fraction of sp³-hybridized carbons (Fsp3) is 0.533. The van der Waals surface area contributed by atoms with Gasteiger partial charge in [-0.2, -0.15) is 0 Å². The molecule has 1 aromatic carbocycles. The standard InChI is InChI=1S/C15H19Cl2NO/c1-11-4-5-12(17)8-13(11)14(19)18-10-15(9-16)6-2-3-7-15/h4-5,8H,2-3,6-7,9-10H2,1H3,(H,18,19). The molecule has 4 heteroatoms. The van der Waals surface area contributed by atoms with E-state index in [1.807, 2.05) is 13.0 Å². The molecule has 0 atom stereocenters. The van der Waals surface area contributed by atoms with E-state index in [2.05, 4.69) is 5.32 Å². The molecule has 0 bridgehead atoms. The van der Waals surface area contributed by atoms with Gasteiger partial charge in [-0.15, -0.1) is 11.6 Å². The Bertz CT molecular complexity index is 467. The van der Waals surface area contributed by atoms with Gasteiger partial charge in [0.15, 0.2) is 0 Å². The summed E-state index contributed by atoms with van der Waals surface area (Å²) < 4.78 is 0. The number of hydrogen-bond donors (Lipinski definition) is 1. The van der Waals surface area contributed by atoms with E-state index in [9.17, 15) is 4.79 Å². The monoisotopic (exact) mass is 299 g/mol. The van der Waals surface area contributed by atoms with Crippen molar-refractivity contribution in [3.63, 3.8) is 0 Å². The highest BCUT2D eigenvalue weighted by molar-refractivity contribution is 6.31. The molecule has 0 aliphatic heterocycles. The number of carbonyl (C=O) groups excluding carboxylic acids is 1. The van der Waals surface area contributed by atoms with Crippen molar-refractivity contribution in [3.8, 4) is 0 Å². The number of carbonyl (C=O) groups is 1. The summed E-state index contributed by atoms with van der Waals surface area (Å²) >= 11 is 12.0. The summed E-state index contributed by atoms with van der Waals surface area (Å²) in [5.41, 5.74) is 1.67. The quantitative estimate of drug-likeness (QED) is 0.830. The molecule has 1 aliphatic carbocycles. The van der Waals surface area contributed by atoms with Gasteiger partial charge < -0.3 is 5.32 Å². The van der Waals surface area contributed by atoms with E-state index in [0.717, 1.165) is 18.4 Å². The van der Waals surface area contributed by atoms with Gasteiger partial charge in [0, 0.05) is 28.4 Å². The van der Waals surface area contributed by atoms with Gasteiger partial charge in [0.05, 0.1) is 0 Å². The van der Waals surface area contributed by atoms with Crippen molar-refractivity contribution in [1.29, 1.82) is 0 Å². The van der Waals surface area contributed by atoms with E-state index in [1.54, 1.807) is 12.1 Å². The smallest absolute Gasteiger partial charge is 0.251 e. The van der Waals surface area contributed by atoms with Crippen molar-refractivity contribution in [2.45, 2.75) is 32.6 Å². The SMILES string of the molecule is Cc1ccc(Cl)cc1C(=O)NCC1(CCl)CCCC1. The second kappa shape index (κ2) is 6.15. The Morgan fingerprint density at radius 1 is 1.37 bits per heavy atom. The zero-order valence-corrected chi connectivity index (χ0v) is 12.7. The normalized spacial score (nSPS) is 17.4. The molecule has 2 rings (SSSR count). The van der Waals surface area contributed by atoms with Crippen molar-refractivity contribution in [2.75, 3.05) is 12.4 Å². The zero-order valence-electron chi connectivity index (χ0n) is 11.1. The Morgan fingerprint density at radius 3 is 2.68 bits per heavy atom. The van der Waals surface area contributed by atoms with E-state index in [0.29, 0.717) is 23.0 Å². The molecule has 1 aromatic rings. The minimum Gasteiger partial charge on any atom is -0.351 e. The predicted molar refractivity (Wildman–Crippen MR) is 80.1 cm³/mol. The van der Waals surface area contributed by atoms with Crippen molar-refractivity contribution < 1.29 is 4.79 Å². The molecular formula is C15H19Cl2NO. The van der Waals surface area contributed by atoms with Crippen LogP contribution in [-0.2, 0) is 0 Å². The topological polar surface area (TPSA) is 29.1 Å². The zero-order chi connectivity index (χ0) is 13.9. The molecule has 1 fully saturated rings. The first-order valence-electron chi connectivity index (χ1n) is 6.67. The lowest BCUT2D eigenvalue weighted by atomic mass is 9.88. The Balaban J connectivity index is 2.03. The van der Waals surface area contributed by atoms with Crippen molar-refractivity contribution in [3.05, 3.63) is 34.3 Å². The second-order valence-corrected chi connectivity index (χ2v) is 6.19. The van der Waals surface area contributed by atoms with Gasteiger partial charge in [-0.1, -0.05) is 30.5 Å². The van der Waals surface area contributed by atoms with Gasteiger partial charge in [0.2, 0.25) is 0 Å². The molecule has 1 N–H and O–H groups in total. The van der Waals surface area contributed by atoms with Crippen molar-refractivity contribution in [2.24, 2.45) is 5.41 Å². The summed E-state index contributed by atoms with van der Waals surface area (Å²) in [5, 5.41) is 3.61. The summed E-state index contributed by atoms with van der Waals surface area (Å²) in [6.07, 6.45) is 4.62. The van der Waals surface area contributed by atoms with Gasteiger partial charge >= 0.3 is 0 Å². The minimum atomic E-state index is -0.0589. The third-order valence-electron chi connectivity index (χ3n) is 4.02. The molecule has 1 amide bonds. The highest BCUT2D eigenvalue weighted by Crippen LogP contribution is 2.38. The Labute approximate surface area is 124 Å². The van der Waals surface area contributed by atoms with E-state index in [4.69, 9.17) is 23.2 Å². The molecule has 0 unspecified atom stereocenters. The third-order valence-corrected chi connectivity index (χ3v) is 4.82. The van der Waals surface area contributed by atoms with Gasteiger partial charge in [-0.3, -0.25) is 4.79 Å². The number of halogens is 2. The lowest BCUT2D eigenvalue weighted by Gasteiger charge is -2.26. The van der Waals surface area contributed by atoms with E-state index in [-0.39, 0.29) is 11.3 Å². The molecule has 0 heterocycles. The predicted octanol–water partition coefficient (Wildman–Crippen LogP) is 4.18. The number of alkyl halides is 1. The van der Waals surface area contributed by atoms with Crippen LogP contribution in [-0.4, -0.2) is 18.3 Å². The van der Waals surface area contributed by atoms with Crippen LogP contribution in [0.3, 0.4) is 0 Å². The van der Waals surface area contributed by atoms with Gasteiger partial charge in [-0.05, 0) is 37.5 Å². The highest BCUT2D eigenvalue weighted by atomic mass is 35.5. The number of hydrogen-bond acceptors (Lipinski definition) is 1. The summed E-state index contributed by atoms with van der Waals surface area (Å²) in [5.74, 6) is 0.554. The average molecular weight is 300 g/mol. The molecule has 19 heavy (non-hydrogen) atoms. The minimum absolute atomic E-state index is 0.0589. The van der Waals surface area contributed by atoms with Crippen LogP contribution < -0.4 is 5.32 Å². The van der Waals surface area contributed by atoms with E-state index >= 15 is 0 Å². The fourth-order valence-corrected chi connectivity index (χ4v) is 3.22. The first kappa shape index (κ1) is 14.7. The lowest BCUT2D eigenvalue weighted by Crippen LogP contribution is -2.37. The Morgan fingerprint density at radius 2 is 2.05 bits per heavy atom. The van der Waals surface area contributed by atoms with Crippen molar-refractivity contribution in [1.82, 2.24) is 5.32 Å². The Hall–Kier alpha value is -0.730. The van der Waals surface area contributed by atoms with Crippen LogP contribution in [0.4, 0.5) is 0 Å². The highest BCUT2D eigenvalue weighted by Gasteiger charge is 2.33. The molecule has 1 saturated carbocycles. The molecule has 1 aliphatic rings. The van der Waals surface area contributed by atoms with Crippen LogP contribution in [0.1, 0.15) is 41.6 Å². The number of aryl methyl sites for hydroxylation is 1.